The summed E-state index contributed by atoms with van der Waals surface area (Å²) in [4.78, 5) is 4.46. The number of aromatic nitrogens is 1. The molecule has 0 saturated heterocycles. The van der Waals surface area contributed by atoms with Crippen LogP contribution in [0.25, 0.3) is 0 Å². The van der Waals surface area contributed by atoms with Gasteiger partial charge in [0.15, 0.2) is 0 Å². The van der Waals surface area contributed by atoms with E-state index in [1.807, 2.05) is 12.3 Å². The van der Waals surface area contributed by atoms with Crippen molar-refractivity contribution < 1.29 is 0 Å². The zero-order chi connectivity index (χ0) is 14.4. The van der Waals surface area contributed by atoms with Gasteiger partial charge < -0.3 is 5.32 Å². The smallest absolute Gasteiger partial charge is 0.0404 e. The molecule has 0 amide bonds. The summed E-state index contributed by atoms with van der Waals surface area (Å²) in [6.07, 6.45) is 8.42. The summed E-state index contributed by atoms with van der Waals surface area (Å²) in [6, 6.07) is 6.90. The molecule has 1 aliphatic rings. The Hall–Kier alpha value is -0.890. The minimum absolute atomic E-state index is 0.659. The highest BCUT2D eigenvalue weighted by atomic mass is 14.9. The van der Waals surface area contributed by atoms with Gasteiger partial charge in [-0.2, -0.15) is 0 Å². The Labute approximate surface area is 124 Å². The summed E-state index contributed by atoms with van der Waals surface area (Å²) >= 11 is 0. The van der Waals surface area contributed by atoms with E-state index in [2.05, 4.69) is 43.2 Å². The van der Waals surface area contributed by atoms with Gasteiger partial charge in [-0.05, 0) is 68.5 Å². The summed E-state index contributed by atoms with van der Waals surface area (Å²) in [5.74, 6) is 2.62. The minimum atomic E-state index is 0.659. The highest BCUT2D eigenvalue weighted by Gasteiger charge is 2.29. The van der Waals surface area contributed by atoms with Crippen molar-refractivity contribution in [1.82, 2.24) is 10.3 Å². The molecule has 0 aromatic carbocycles. The van der Waals surface area contributed by atoms with Crippen molar-refractivity contribution in [3.05, 3.63) is 30.1 Å². The molecule has 1 fully saturated rings. The van der Waals surface area contributed by atoms with Gasteiger partial charge in [0.1, 0.15) is 0 Å². The van der Waals surface area contributed by atoms with Crippen molar-refractivity contribution in [2.45, 2.75) is 58.9 Å². The predicted molar refractivity (Wildman–Crippen MR) is 85.7 cm³/mol. The van der Waals surface area contributed by atoms with Gasteiger partial charge in [0.05, 0.1) is 0 Å². The summed E-state index contributed by atoms with van der Waals surface area (Å²) in [5.41, 5.74) is 1.23. The number of hydrogen-bond donors (Lipinski definition) is 1. The lowest BCUT2D eigenvalue weighted by Crippen LogP contribution is -2.40. The molecule has 112 valence electrons. The number of nitrogens with one attached hydrogen (secondary N) is 1. The largest absolute Gasteiger partial charge is 0.314 e. The number of rotatable bonds is 6. The fourth-order valence-corrected chi connectivity index (χ4v) is 3.95. The molecule has 1 aromatic rings. The Morgan fingerprint density at radius 3 is 2.55 bits per heavy atom. The Bertz CT molecular complexity index is 366. The van der Waals surface area contributed by atoms with E-state index in [9.17, 15) is 0 Å². The van der Waals surface area contributed by atoms with Crippen LogP contribution < -0.4 is 5.32 Å². The minimum Gasteiger partial charge on any atom is -0.314 e. The standard InChI is InChI=1S/C18H30N2/c1-4-19-18(9-8-17-7-5-6-10-20-17)16-12-14(2)11-15(3)13-16/h5-7,10,14-16,18-19H,4,8-9,11-13H2,1-3H3. The number of aryl methyl sites for hydroxylation is 1. The second-order valence-electron chi connectivity index (χ2n) is 6.70. The Kier molecular flexibility index (Phi) is 6.03. The van der Waals surface area contributed by atoms with Crippen LogP contribution in [-0.2, 0) is 6.42 Å². The van der Waals surface area contributed by atoms with Crippen LogP contribution in [0.5, 0.6) is 0 Å². The third-order valence-electron chi connectivity index (χ3n) is 4.69. The van der Waals surface area contributed by atoms with Gasteiger partial charge in [-0.3, -0.25) is 4.98 Å². The highest BCUT2D eigenvalue weighted by molar-refractivity contribution is 5.04. The van der Waals surface area contributed by atoms with Crippen molar-refractivity contribution in [2.24, 2.45) is 17.8 Å². The molecule has 1 heterocycles. The maximum atomic E-state index is 4.46. The molecule has 0 spiro atoms. The van der Waals surface area contributed by atoms with E-state index in [1.54, 1.807) is 0 Å². The first-order chi connectivity index (χ1) is 9.69. The van der Waals surface area contributed by atoms with Gasteiger partial charge in [-0.1, -0.05) is 26.8 Å². The summed E-state index contributed by atoms with van der Waals surface area (Å²) < 4.78 is 0. The third-order valence-corrected chi connectivity index (χ3v) is 4.69. The van der Waals surface area contributed by atoms with E-state index in [1.165, 1.54) is 31.4 Å². The molecular weight excluding hydrogens is 244 g/mol. The molecule has 0 radical (unpaired) electrons. The van der Waals surface area contributed by atoms with Crippen molar-refractivity contribution in [3.63, 3.8) is 0 Å². The van der Waals surface area contributed by atoms with E-state index in [0.717, 1.165) is 30.7 Å². The monoisotopic (exact) mass is 274 g/mol. The molecular formula is C18H30N2. The second-order valence-corrected chi connectivity index (χ2v) is 6.70. The maximum absolute atomic E-state index is 4.46. The molecule has 1 saturated carbocycles. The quantitative estimate of drug-likeness (QED) is 0.846. The molecule has 0 bridgehead atoms. The number of nitrogens with zero attached hydrogens (tertiary/aromatic N) is 1. The van der Waals surface area contributed by atoms with Crippen molar-refractivity contribution in [3.8, 4) is 0 Å². The third kappa shape index (κ3) is 4.59. The maximum Gasteiger partial charge on any atom is 0.0404 e. The number of pyridine rings is 1. The molecule has 1 N–H and O–H groups in total. The normalized spacial score (nSPS) is 28.2. The first-order valence-electron chi connectivity index (χ1n) is 8.32. The Morgan fingerprint density at radius 2 is 1.95 bits per heavy atom. The van der Waals surface area contributed by atoms with E-state index in [-0.39, 0.29) is 0 Å². The molecule has 2 nitrogen and oxygen atoms in total. The van der Waals surface area contributed by atoms with Gasteiger partial charge in [0.2, 0.25) is 0 Å². The average molecular weight is 274 g/mol. The zero-order valence-electron chi connectivity index (χ0n) is 13.3. The fraction of sp³-hybridized carbons (Fsp3) is 0.722. The van der Waals surface area contributed by atoms with E-state index in [0.29, 0.717) is 6.04 Å². The molecule has 1 aliphatic carbocycles. The van der Waals surface area contributed by atoms with Crippen LogP contribution in [0.15, 0.2) is 24.4 Å². The predicted octanol–water partition coefficient (Wildman–Crippen LogP) is 4.06. The topological polar surface area (TPSA) is 24.9 Å². The van der Waals surface area contributed by atoms with Crippen LogP contribution in [0.3, 0.4) is 0 Å². The van der Waals surface area contributed by atoms with Gasteiger partial charge in [0.25, 0.3) is 0 Å². The first kappa shape index (κ1) is 15.5. The SMILES string of the molecule is CCNC(CCc1ccccn1)C1CC(C)CC(C)C1. The van der Waals surface area contributed by atoms with Crippen molar-refractivity contribution >= 4 is 0 Å². The molecule has 20 heavy (non-hydrogen) atoms. The fourth-order valence-electron chi connectivity index (χ4n) is 3.95. The Balaban J connectivity index is 1.92. The van der Waals surface area contributed by atoms with Crippen LogP contribution in [0.2, 0.25) is 0 Å². The molecule has 0 aliphatic heterocycles. The molecule has 1 aromatic heterocycles. The van der Waals surface area contributed by atoms with Gasteiger partial charge in [-0.25, -0.2) is 0 Å². The molecule has 3 atom stereocenters. The molecule has 2 rings (SSSR count). The van der Waals surface area contributed by atoms with E-state index >= 15 is 0 Å². The lowest BCUT2D eigenvalue weighted by Gasteiger charge is -2.37. The van der Waals surface area contributed by atoms with Crippen LogP contribution >= 0.6 is 0 Å². The van der Waals surface area contributed by atoms with Gasteiger partial charge >= 0.3 is 0 Å². The van der Waals surface area contributed by atoms with Crippen LogP contribution in [0.4, 0.5) is 0 Å². The summed E-state index contributed by atoms with van der Waals surface area (Å²) in [7, 11) is 0. The Morgan fingerprint density at radius 1 is 1.20 bits per heavy atom. The molecule has 2 heteroatoms. The molecule has 3 unspecified atom stereocenters. The lowest BCUT2D eigenvalue weighted by molar-refractivity contribution is 0.172. The van der Waals surface area contributed by atoms with E-state index < -0.39 is 0 Å². The number of hydrogen-bond acceptors (Lipinski definition) is 2. The van der Waals surface area contributed by atoms with Crippen LogP contribution in [0, 0.1) is 17.8 Å². The van der Waals surface area contributed by atoms with Crippen LogP contribution in [0.1, 0.15) is 52.1 Å². The van der Waals surface area contributed by atoms with Gasteiger partial charge in [-0.15, -0.1) is 0 Å². The second kappa shape index (κ2) is 7.78. The summed E-state index contributed by atoms with van der Waals surface area (Å²) in [5, 5.41) is 3.74. The van der Waals surface area contributed by atoms with E-state index in [4.69, 9.17) is 0 Å². The van der Waals surface area contributed by atoms with Crippen molar-refractivity contribution in [1.29, 1.82) is 0 Å². The summed E-state index contributed by atoms with van der Waals surface area (Å²) in [6.45, 7) is 8.14. The zero-order valence-corrected chi connectivity index (χ0v) is 13.3. The lowest BCUT2D eigenvalue weighted by atomic mass is 9.73. The first-order valence-corrected chi connectivity index (χ1v) is 8.32. The highest BCUT2D eigenvalue weighted by Crippen LogP contribution is 2.35. The average Bonchev–Trinajstić information content (AvgIpc) is 2.43. The van der Waals surface area contributed by atoms with Crippen molar-refractivity contribution in [2.75, 3.05) is 6.54 Å². The van der Waals surface area contributed by atoms with Gasteiger partial charge in [0, 0.05) is 17.9 Å². The van der Waals surface area contributed by atoms with Crippen LogP contribution in [-0.4, -0.2) is 17.6 Å².